The fraction of sp³-hybridized carbons (Fsp3) is 0.190. The van der Waals surface area contributed by atoms with E-state index in [-0.39, 0.29) is 12.1 Å². The molecule has 0 spiro atoms. The lowest BCUT2D eigenvalue weighted by Gasteiger charge is -2.11. The predicted molar refractivity (Wildman–Crippen MR) is 112 cm³/mol. The second-order valence-electron chi connectivity index (χ2n) is 6.09. The average molecular weight is 414 g/mol. The number of rotatable bonds is 7. The van der Waals surface area contributed by atoms with Crippen LogP contribution in [0.3, 0.4) is 0 Å². The Labute approximate surface area is 172 Å². The molecule has 0 aliphatic heterocycles. The molecule has 0 aliphatic carbocycles. The highest BCUT2D eigenvalue weighted by Gasteiger charge is 2.11. The number of hydrogen-bond acceptors (Lipinski definition) is 5. The number of benzene rings is 2. The zero-order valence-corrected chi connectivity index (χ0v) is 16.8. The lowest BCUT2D eigenvalue weighted by Crippen LogP contribution is -2.27. The highest BCUT2D eigenvalue weighted by Crippen LogP contribution is 2.27. The fourth-order valence-electron chi connectivity index (χ4n) is 2.71. The first-order valence-corrected chi connectivity index (χ1v) is 9.31. The quantitative estimate of drug-likeness (QED) is 0.639. The third kappa shape index (κ3) is 5.14. The first-order chi connectivity index (χ1) is 14.0. The van der Waals surface area contributed by atoms with Crippen molar-refractivity contribution in [2.75, 3.05) is 19.0 Å². The maximum absolute atomic E-state index is 12.4. The summed E-state index contributed by atoms with van der Waals surface area (Å²) in [6.45, 7) is 2.30. The Balaban J connectivity index is 1.73. The molecule has 0 unspecified atom stereocenters. The zero-order chi connectivity index (χ0) is 20.8. The van der Waals surface area contributed by atoms with Crippen LogP contribution in [0.1, 0.15) is 6.92 Å². The number of anilines is 1. The van der Waals surface area contributed by atoms with Crippen LogP contribution < -0.4 is 20.3 Å². The summed E-state index contributed by atoms with van der Waals surface area (Å²) in [6, 6.07) is 13.6. The number of ether oxygens (including phenoxy) is 2. The van der Waals surface area contributed by atoms with E-state index < -0.39 is 5.91 Å². The largest absolute Gasteiger partial charge is 0.495 e. The van der Waals surface area contributed by atoms with Gasteiger partial charge in [0.2, 0.25) is 5.91 Å². The summed E-state index contributed by atoms with van der Waals surface area (Å²) in [7, 11) is 1.49. The summed E-state index contributed by atoms with van der Waals surface area (Å²) in [4.78, 5) is 29.1. The molecule has 7 nitrogen and oxygen atoms in total. The molecule has 0 fully saturated rings. The Morgan fingerprint density at radius 2 is 1.93 bits per heavy atom. The number of nitrogens with zero attached hydrogens (tertiary/aromatic N) is 2. The van der Waals surface area contributed by atoms with Crippen molar-refractivity contribution >= 4 is 23.2 Å². The topological polar surface area (TPSA) is 82.5 Å². The number of nitrogens with one attached hydrogen (secondary N) is 1. The van der Waals surface area contributed by atoms with Crippen molar-refractivity contribution in [1.82, 2.24) is 9.55 Å². The first-order valence-electron chi connectivity index (χ1n) is 8.93. The summed E-state index contributed by atoms with van der Waals surface area (Å²) < 4.78 is 11.8. The van der Waals surface area contributed by atoms with Crippen molar-refractivity contribution in [1.29, 1.82) is 0 Å². The van der Waals surface area contributed by atoms with Gasteiger partial charge in [0.1, 0.15) is 18.0 Å². The van der Waals surface area contributed by atoms with Crippen molar-refractivity contribution in [3.63, 3.8) is 0 Å². The van der Waals surface area contributed by atoms with Crippen molar-refractivity contribution in [2.24, 2.45) is 0 Å². The van der Waals surface area contributed by atoms with Gasteiger partial charge in [-0.05, 0) is 49.4 Å². The average Bonchev–Trinajstić information content (AvgIpc) is 2.70. The van der Waals surface area contributed by atoms with Crippen LogP contribution in [0, 0.1) is 0 Å². The molecule has 0 aliphatic rings. The van der Waals surface area contributed by atoms with Crippen molar-refractivity contribution in [3.05, 3.63) is 70.2 Å². The highest BCUT2D eigenvalue weighted by atomic mass is 35.5. The zero-order valence-electron chi connectivity index (χ0n) is 16.0. The minimum absolute atomic E-state index is 0.189. The number of hydrogen-bond donors (Lipinski definition) is 1. The van der Waals surface area contributed by atoms with Crippen LogP contribution in [-0.2, 0) is 11.3 Å². The molecule has 1 aromatic heterocycles. The maximum Gasteiger partial charge on any atom is 0.254 e. The van der Waals surface area contributed by atoms with Gasteiger partial charge in [-0.15, -0.1) is 0 Å². The molecule has 1 heterocycles. The number of halogens is 1. The molecule has 8 heteroatoms. The number of amides is 1. The number of methoxy groups -OCH3 is 1. The van der Waals surface area contributed by atoms with Crippen LogP contribution in [0.15, 0.2) is 59.7 Å². The second-order valence-corrected chi connectivity index (χ2v) is 6.53. The van der Waals surface area contributed by atoms with Crippen LogP contribution in [0.2, 0.25) is 5.02 Å². The van der Waals surface area contributed by atoms with E-state index in [4.69, 9.17) is 21.1 Å². The van der Waals surface area contributed by atoms with Crippen LogP contribution in [-0.4, -0.2) is 29.2 Å². The number of carbonyl (C=O) groups is 1. The highest BCUT2D eigenvalue weighted by molar-refractivity contribution is 6.31. The van der Waals surface area contributed by atoms with E-state index >= 15 is 0 Å². The maximum atomic E-state index is 12.4. The van der Waals surface area contributed by atoms with Gasteiger partial charge in [0.25, 0.3) is 5.56 Å². The third-order valence-corrected chi connectivity index (χ3v) is 4.33. The lowest BCUT2D eigenvalue weighted by atomic mass is 10.1. The Bertz CT molecular complexity index is 1060. The van der Waals surface area contributed by atoms with Gasteiger partial charge < -0.3 is 14.8 Å². The van der Waals surface area contributed by atoms with Gasteiger partial charge in [-0.25, -0.2) is 4.98 Å². The van der Waals surface area contributed by atoms with Gasteiger partial charge in [0.05, 0.1) is 31.4 Å². The smallest absolute Gasteiger partial charge is 0.254 e. The summed E-state index contributed by atoms with van der Waals surface area (Å²) >= 11 is 5.97. The van der Waals surface area contributed by atoms with Crippen molar-refractivity contribution < 1.29 is 14.3 Å². The van der Waals surface area contributed by atoms with Gasteiger partial charge in [0, 0.05) is 16.7 Å². The molecule has 0 bridgehead atoms. The number of aromatic nitrogens is 2. The minimum Gasteiger partial charge on any atom is -0.495 e. The molecule has 150 valence electrons. The Morgan fingerprint density at radius 1 is 1.17 bits per heavy atom. The van der Waals surface area contributed by atoms with Crippen LogP contribution in [0.4, 0.5) is 5.69 Å². The molecular formula is C21H20ClN3O4. The summed E-state index contributed by atoms with van der Waals surface area (Å²) in [5, 5.41) is 3.15. The number of carbonyl (C=O) groups excluding carboxylic acids is 1. The summed E-state index contributed by atoms with van der Waals surface area (Å²) in [6.07, 6.45) is 1.35. The van der Waals surface area contributed by atoms with E-state index in [1.807, 2.05) is 31.2 Å². The predicted octanol–water partition coefficient (Wildman–Crippen LogP) is 3.61. The molecule has 1 amide bonds. The van der Waals surface area contributed by atoms with E-state index in [9.17, 15) is 9.59 Å². The molecule has 0 saturated carbocycles. The molecule has 0 atom stereocenters. The Kier molecular flexibility index (Phi) is 6.51. The Morgan fingerprint density at radius 3 is 2.59 bits per heavy atom. The first kappa shape index (κ1) is 20.4. The monoisotopic (exact) mass is 413 g/mol. The van der Waals surface area contributed by atoms with Gasteiger partial charge in [0.15, 0.2) is 0 Å². The van der Waals surface area contributed by atoms with Crippen LogP contribution in [0.25, 0.3) is 11.3 Å². The van der Waals surface area contributed by atoms with Crippen LogP contribution >= 0.6 is 11.6 Å². The van der Waals surface area contributed by atoms with Gasteiger partial charge in [-0.3, -0.25) is 14.2 Å². The molecule has 1 N–H and O–H groups in total. The van der Waals surface area contributed by atoms with E-state index in [2.05, 4.69) is 10.3 Å². The summed E-state index contributed by atoms with van der Waals surface area (Å²) in [5.41, 5.74) is 1.39. The van der Waals surface area contributed by atoms with E-state index in [0.717, 1.165) is 11.3 Å². The minimum atomic E-state index is -0.400. The second kappa shape index (κ2) is 9.25. The molecule has 3 rings (SSSR count). The van der Waals surface area contributed by atoms with Gasteiger partial charge in [-0.2, -0.15) is 0 Å². The molecule has 0 saturated heterocycles. The standard InChI is InChI=1S/C21H20ClN3O4/c1-3-29-16-7-4-14(5-8-16)17-11-21(27)25(13-23-17)12-20(26)24-18-10-15(22)6-9-19(18)28-2/h4-11,13H,3,12H2,1-2H3,(H,24,26). The molecule has 3 aromatic rings. The van der Waals surface area contributed by atoms with E-state index in [1.165, 1.54) is 24.1 Å². The molecule has 29 heavy (non-hydrogen) atoms. The fourth-order valence-corrected chi connectivity index (χ4v) is 2.89. The normalized spacial score (nSPS) is 10.4. The van der Waals surface area contributed by atoms with Gasteiger partial charge >= 0.3 is 0 Å². The van der Waals surface area contributed by atoms with E-state index in [0.29, 0.717) is 28.8 Å². The van der Waals surface area contributed by atoms with Crippen molar-refractivity contribution in [2.45, 2.75) is 13.5 Å². The molecular weight excluding hydrogens is 394 g/mol. The van der Waals surface area contributed by atoms with Gasteiger partial charge in [-0.1, -0.05) is 11.6 Å². The third-order valence-electron chi connectivity index (χ3n) is 4.09. The molecule has 2 aromatic carbocycles. The van der Waals surface area contributed by atoms with Crippen molar-refractivity contribution in [3.8, 4) is 22.8 Å². The lowest BCUT2D eigenvalue weighted by molar-refractivity contribution is -0.116. The van der Waals surface area contributed by atoms with E-state index in [1.54, 1.807) is 18.2 Å². The Hall–Kier alpha value is -3.32. The SMILES string of the molecule is CCOc1ccc(-c2cc(=O)n(CC(=O)Nc3cc(Cl)ccc3OC)cn2)cc1. The summed E-state index contributed by atoms with van der Waals surface area (Å²) in [5.74, 6) is 0.819. The van der Waals surface area contributed by atoms with Crippen LogP contribution in [0.5, 0.6) is 11.5 Å². The molecule has 0 radical (unpaired) electrons.